The molecule has 0 fully saturated rings. The van der Waals surface area contributed by atoms with Crippen LogP contribution in [0.1, 0.15) is 11.3 Å². The van der Waals surface area contributed by atoms with E-state index in [0.29, 0.717) is 22.7 Å². The number of hydrogen-bond acceptors (Lipinski definition) is 5. The molecule has 0 aliphatic rings. The molecule has 3 rings (SSSR count). The molecule has 8 heteroatoms. The number of aromatic hydroxyl groups is 1. The Labute approximate surface area is 134 Å². The zero-order valence-corrected chi connectivity index (χ0v) is 12.4. The van der Waals surface area contributed by atoms with Crippen molar-refractivity contribution in [3.63, 3.8) is 0 Å². The molecule has 0 amide bonds. The molecule has 5 nitrogen and oxygen atoms in total. The largest absolute Gasteiger partial charge is 0.506 e. The van der Waals surface area contributed by atoms with Crippen LogP contribution in [0, 0.1) is 6.92 Å². The second-order valence-corrected chi connectivity index (χ2v) is 5.06. The maximum Gasteiger partial charge on any atom is 0.416 e. The number of rotatable bonds is 3. The Hall–Kier alpha value is -3.03. The van der Waals surface area contributed by atoms with E-state index in [1.165, 1.54) is 30.6 Å². The summed E-state index contributed by atoms with van der Waals surface area (Å²) < 4.78 is 43.1. The number of alkyl halides is 3. The minimum absolute atomic E-state index is 0.0227. The number of nitrogens with one attached hydrogen (secondary N) is 1. The van der Waals surface area contributed by atoms with Crippen molar-refractivity contribution in [3.8, 4) is 17.1 Å². The van der Waals surface area contributed by atoms with E-state index in [-0.39, 0.29) is 11.8 Å². The van der Waals surface area contributed by atoms with E-state index in [9.17, 15) is 18.3 Å². The van der Waals surface area contributed by atoms with Gasteiger partial charge in [-0.05, 0) is 19.1 Å². The number of anilines is 2. The van der Waals surface area contributed by atoms with Gasteiger partial charge in [-0.25, -0.2) is 4.98 Å². The third-order valence-electron chi connectivity index (χ3n) is 3.31. The molecule has 2 aromatic heterocycles. The zero-order chi connectivity index (χ0) is 17.3. The van der Waals surface area contributed by atoms with Crippen molar-refractivity contribution in [2.75, 3.05) is 5.32 Å². The van der Waals surface area contributed by atoms with Gasteiger partial charge < -0.3 is 14.8 Å². The normalized spacial score (nSPS) is 11.5. The quantitative estimate of drug-likeness (QED) is 0.737. The number of aromatic nitrogens is 2. The van der Waals surface area contributed by atoms with E-state index in [0.717, 1.165) is 12.1 Å². The summed E-state index contributed by atoms with van der Waals surface area (Å²) in [5.41, 5.74) is 0.691. The first-order valence-electron chi connectivity index (χ1n) is 6.89. The Morgan fingerprint density at radius 1 is 1.08 bits per heavy atom. The summed E-state index contributed by atoms with van der Waals surface area (Å²) in [6.07, 6.45) is -1.49. The van der Waals surface area contributed by atoms with E-state index in [1.54, 1.807) is 6.92 Å². The highest BCUT2D eigenvalue weighted by atomic mass is 19.4. The first-order chi connectivity index (χ1) is 11.3. The summed E-state index contributed by atoms with van der Waals surface area (Å²) in [6.45, 7) is 1.66. The van der Waals surface area contributed by atoms with E-state index < -0.39 is 11.7 Å². The van der Waals surface area contributed by atoms with Gasteiger partial charge in [0.2, 0.25) is 0 Å². The summed E-state index contributed by atoms with van der Waals surface area (Å²) in [5, 5.41) is 12.4. The lowest BCUT2D eigenvalue weighted by molar-refractivity contribution is -0.137. The second-order valence-electron chi connectivity index (χ2n) is 5.06. The molecule has 0 radical (unpaired) electrons. The lowest BCUT2D eigenvalue weighted by Gasteiger charge is -2.06. The fourth-order valence-electron chi connectivity index (χ4n) is 2.00. The predicted octanol–water partition coefficient (Wildman–Crippen LogP) is 4.51. The van der Waals surface area contributed by atoms with Crippen molar-refractivity contribution < 1.29 is 22.7 Å². The van der Waals surface area contributed by atoms with Crippen LogP contribution in [0.15, 0.2) is 47.1 Å². The summed E-state index contributed by atoms with van der Waals surface area (Å²) in [6, 6.07) is 6.18. The van der Waals surface area contributed by atoms with Crippen LogP contribution < -0.4 is 5.32 Å². The molecule has 0 spiro atoms. The standard InChI is InChI=1S/C16H12F3N3O2/c1-9-13(23)6-12(7-20-9)22-15-21-8-14(24-15)10-2-4-11(5-3-10)16(17,18)19/h2-8,23H,1H3,(H,21,22). The number of nitrogens with zero attached hydrogens (tertiary/aromatic N) is 2. The van der Waals surface area contributed by atoms with Crippen LogP contribution in [0.3, 0.4) is 0 Å². The van der Waals surface area contributed by atoms with E-state index in [4.69, 9.17) is 4.42 Å². The third-order valence-corrected chi connectivity index (χ3v) is 3.31. The molecule has 0 bridgehead atoms. The van der Waals surface area contributed by atoms with Crippen LogP contribution >= 0.6 is 0 Å². The number of pyridine rings is 1. The van der Waals surface area contributed by atoms with Gasteiger partial charge in [-0.1, -0.05) is 12.1 Å². The molecule has 0 aliphatic heterocycles. The van der Waals surface area contributed by atoms with Gasteiger partial charge >= 0.3 is 6.18 Å². The summed E-state index contributed by atoms with van der Waals surface area (Å²) in [7, 11) is 0. The van der Waals surface area contributed by atoms with Crippen molar-refractivity contribution in [1.29, 1.82) is 0 Å². The smallest absolute Gasteiger partial charge is 0.416 e. The molecule has 24 heavy (non-hydrogen) atoms. The van der Waals surface area contributed by atoms with E-state index in [1.807, 2.05) is 0 Å². The number of hydrogen-bond donors (Lipinski definition) is 2. The highest BCUT2D eigenvalue weighted by Crippen LogP contribution is 2.32. The predicted molar refractivity (Wildman–Crippen MR) is 80.9 cm³/mol. The molecular formula is C16H12F3N3O2. The first-order valence-corrected chi connectivity index (χ1v) is 6.89. The molecule has 3 aromatic rings. The number of oxazole rings is 1. The average Bonchev–Trinajstić information content (AvgIpc) is 2.99. The second kappa shape index (κ2) is 5.88. The Morgan fingerprint density at radius 3 is 2.42 bits per heavy atom. The first kappa shape index (κ1) is 15.9. The molecule has 0 aliphatic carbocycles. The van der Waals surface area contributed by atoms with Crippen LogP contribution in [0.2, 0.25) is 0 Å². The van der Waals surface area contributed by atoms with E-state index in [2.05, 4.69) is 15.3 Å². The third kappa shape index (κ3) is 3.32. The van der Waals surface area contributed by atoms with Crippen molar-refractivity contribution in [2.45, 2.75) is 13.1 Å². The Kier molecular flexibility index (Phi) is 3.88. The van der Waals surface area contributed by atoms with Gasteiger partial charge in [0.15, 0.2) is 5.76 Å². The minimum Gasteiger partial charge on any atom is -0.506 e. The van der Waals surface area contributed by atoms with Crippen LogP contribution in [0.25, 0.3) is 11.3 Å². The van der Waals surface area contributed by atoms with Gasteiger partial charge in [0.05, 0.1) is 29.3 Å². The fraction of sp³-hybridized carbons (Fsp3) is 0.125. The SMILES string of the molecule is Cc1ncc(Nc2ncc(-c3ccc(C(F)(F)F)cc3)o2)cc1O. The monoisotopic (exact) mass is 335 g/mol. The molecule has 2 N–H and O–H groups in total. The lowest BCUT2D eigenvalue weighted by atomic mass is 10.1. The van der Waals surface area contributed by atoms with Crippen LogP contribution in [-0.4, -0.2) is 15.1 Å². The topological polar surface area (TPSA) is 71.2 Å². The highest BCUT2D eigenvalue weighted by Gasteiger charge is 2.30. The van der Waals surface area contributed by atoms with Gasteiger partial charge in [0, 0.05) is 11.6 Å². The van der Waals surface area contributed by atoms with Crippen molar-refractivity contribution in [2.24, 2.45) is 0 Å². The number of halogens is 3. The highest BCUT2D eigenvalue weighted by molar-refractivity contribution is 5.60. The minimum atomic E-state index is -4.38. The molecular weight excluding hydrogens is 323 g/mol. The Morgan fingerprint density at radius 2 is 1.79 bits per heavy atom. The van der Waals surface area contributed by atoms with Crippen LogP contribution in [0.5, 0.6) is 5.75 Å². The Balaban J connectivity index is 1.79. The van der Waals surface area contributed by atoms with E-state index >= 15 is 0 Å². The summed E-state index contributed by atoms with van der Waals surface area (Å²) in [5.74, 6) is 0.338. The molecule has 0 saturated carbocycles. The molecule has 0 unspecified atom stereocenters. The van der Waals surface area contributed by atoms with Crippen LogP contribution in [-0.2, 0) is 6.18 Å². The van der Waals surface area contributed by atoms with Crippen LogP contribution in [0.4, 0.5) is 24.9 Å². The zero-order valence-electron chi connectivity index (χ0n) is 12.4. The summed E-state index contributed by atoms with van der Waals surface area (Å²) in [4.78, 5) is 7.99. The van der Waals surface area contributed by atoms with Gasteiger partial charge in [0.25, 0.3) is 6.01 Å². The maximum atomic E-state index is 12.6. The van der Waals surface area contributed by atoms with Crippen molar-refractivity contribution in [3.05, 3.63) is 54.0 Å². The van der Waals surface area contributed by atoms with Crippen molar-refractivity contribution in [1.82, 2.24) is 9.97 Å². The maximum absolute atomic E-state index is 12.6. The average molecular weight is 335 g/mol. The van der Waals surface area contributed by atoms with Gasteiger partial charge in [-0.2, -0.15) is 13.2 Å². The molecule has 0 saturated heterocycles. The number of aryl methyl sites for hydroxylation is 1. The molecule has 2 heterocycles. The molecule has 0 atom stereocenters. The van der Waals surface area contributed by atoms with Crippen molar-refractivity contribution >= 4 is 11.7 Å². The van der Waals surface area contributed by atoms with Gasteiger partial charge in [0.1, 0.15) is 5.75 Å². The fourth-order valence-corrected chi connectivity index (χ4v) is 2.00. The summed E-state index contributed by atoms with van der Waals surface area (Å²) >= 11 is 0. The Bertz CT molecular complexity index is 858. The lowest BCUT2D eigenvalue weighted by Crippen LogP contribution is -2.03. The molecule has 124 valence electrons. The molecule has 1 aromatic carbocycles. The van der Waals surface area contributed by atoms with Gasteiger partial charge in [-0.3, -0.25) is 4.98 Å². The van der Waals surface area contributed by atoms with Gasteiger partial charge in [-0.15, -0.1) is 0 Å². The number of benzene rings is 1.